The number of hydrogen-bond acceptors (Lipinski definition) is 5. The van der Waals surface area contributed by atoms with Gasteiger partial charge in [0.1, 0.15) is 0 Å². The van der Waals surface area contributed by atoms with Crippen molar-refractivity contribution in [1.82, 2.24) is 20.6 Å². The van der Waals surface area contributed by atoms with Gasteiger partial charge in [0.2, 0.25) is 0 Å². The number of nitrogens with one attached hydrogen (secondary N) is 4. The van der Waals surface area contributed by atoms with Gasteiger partial charge in [-0.3, -0.25) is 4.98 Å². The molecular weight excluding hydrogens is 414 g/mol. The SMILES string of the molecule is CNCCNCc1ccc(-c2cc3nccc(Nc4ccc5[nH]c(C)cc5c4)c3s2)cc1. The number of thiophene rings is 1. The van der Waals surface area contributed by atoms with Crippen LogP contribution in [0.4, 0.5) is 11.4 Å². The first kappa shape index (κ1) is 20.7. The van der Waals surface area contributed by atoms with Gasteiger partial charge < -0.3 is 20.9 Å². The third-order valence-electron chi connectivity index (χ3n) is 5.57. The van der Waals surface area contributed by atoms with Gasteiger partial charge in [-0.2, -0.15) is 0 Å². The van der Waals surface area contributed by atoms with Crippen LogP contribution in [0.25, 0.3) is 31.6 Å². The highest BCUT2D eigenvalue weighted by molar-refractivity contribution is 7.22. The van der Waals surface area contributed by atoms with Gasteiger partial charge in [-0.15, -0.1) is 11.3 Å². The Bertz CT molecular complexity index is 1350. The standard InChI is InChI=1S/C26H27N5S/c1-17-13-20-14-21(7-8-22(20)30-17)31-23-9-10-29-24-15-25(32-26(23)24)19-5-3-18(4-6-19)16-28-12-11-27-2/h3-10,13-15,27-28,30H,11-12,16H2,1-2H3,(H,29,31). The molecule has 32 heavy (non-hydrogen) atoms. The van der Waals surface area contributed by atoms with Gasteiger partial charge in [0.15, 0.2) is 0 Å². The van der Waals surface area contributed by atoms with Crippen LogP contribution in [0.15, 0.2) is 66.9 Å². The van der Waals surface area contributed by atoms with Crippen LogP contribution in [0, 0.1) is 6.92 Å². The Morgan fingerprint density at radius 2 is 1.84 bits per heavy atom. The van der Waals surface area contributed by atoms with Crippen molar-refractivity contribution in [2.75, 3.05) is 25.5 Å². The summed E-state index contributed by atoms with van der Waals surface area (Å²) in [5.74, 6) is 0. The zero-order valence-electron chi connectivity index (χ0n) is 18.3. The summed E-state index contributed by atoms with van der Waals surface area (Å²) < 4.78 is 1.17. The van der Waals surface area contributed by atoms with Crippen molar-refractivity contribution in [3.63, 3.8) is 0 Å². The average Bonchev–Trinajstić information content (AvgIpc) is 3.40. The Hall–Kier alpha value is -3.19. The van der Waals surface area contributed by atoms with Gasteiger partial charge in [-0.05, 0) is 61.5 Å². The maximum atomic E-state index is 4.61. The van der Waals surface area contributed by atoms with E-state index in [9.17, 15) is 0 Å². The lowest BCUT2D eigenvalue weighted by Gasteiger charge is -2.07. The predicted molar refractivity (Wildman–Crippen MR) is 137 cm³/mol. The second-order valence-electron chi connectivity index (χ2n) is 8.04. The number of benzene rings is 2. The van der Waals surface area contributed by atoms with Crippen molar-refractivity contribution in [2.24, 2.45) is 0 Å². The molecule has 0 amide bonds. The van der Waals surface area contributed by atoms with Crippen molar-refractivity contribution in [3.05, 3.63) is 78.1 Å². The van der Waals surface area contributed by atoms with E-state index < -0.39 is 0 Å². The number of aromatic nitrogens is 2. The molecule has 0 aliphatic rings. The highest BCUT2D eigenvalue weighted by Crippen LogP contribution is 2.37. The Morgan fingerprint density at radius 1 is 0.969 bits per heavy atom. The minimum atomic E-state index is 0.884. The lowest BCUT2D eigenvalue weighted by Crippen LogP contribution is -2.24. The van der Waals surface area contributed by atoms with Crippen molar-refractivity contribution in [2.45, 2.75) is 13.5 Å². The second kappa shape index (κ2) is 9.12. The molecule has 0 unspecified atom stereocenters. The number of aromatic amines is 1. The molecule has 3 heterocycles. The first-order valence-electron chi connectivity index (χ1n) is 10.9. The van der Waals surface area contributed by atoms with Crippen LogP contribution >= 0.6 is 11.3 Å². The summed E-state index contributed by atoms with van der Waals surface area (Å²) in [6, 6.07) is 21.6. The van der Waals surface area contributed by atoms with Gasteiger partial charge in [0.25, 0.3) is 0 Å². The zero-order chi connectivity index (χ0) is 21.9. The largest absolute Gasteiger partial charge is 0.359 e. The molecule has 0 radical (unpaired) electrons. The Morgan fingerprint density at radius 3 is 2.69 bits per heavy atom. The molecule has 3 aromatic heterocycles. The summed E-state index contributed by atoms with van der Waals surface area (Å²) in [7, 11) is 1.97. The Balaban J connectivity index is 1.37. The maximum Gasteiger partial charge on any atom is 0.0837 e. The third-order valence-corrected chi connectivity index (χ3v) is 6.77. The van der Waals surface area contributed by atoms with Gasteiger partial charge in [-0.25, -0.2) is 0 Å². The summed E-state index contributed by atoms with van der Waals surface area (Å²) >= 11 is 1.78. The normalized spacial score (nSPS) is 11.4. The van der Waals surface area contributed by atoms with E-state index in [0.717, 1.165) is 42.0 Å². The second-order valence-corrected chi connectivity index (χ2v) is 9.09. The number of rotatable bonds is 8. The van der Waals surface area contributed by atoms with Crippen LogP contribution in [0.1, 0.15) is 11.3 Å². The fourth-order valence-electron chi connectivity index (χ4n) is 3.92. The van der Waals surface area contributed by atoms with E-state index >= 15 is 0 Å². The molecule has 0 aliphatic heterocycles. The number of fused-ring (bicyclic) bond motifs is 2. The van der Waals surface area contributed by atoms with Crippen molar-refractivity contribution >= 4 is 43.8 Å². The maximum absolute atomic E-state index is 4.61. The van der Waals surface area contributed by atoms with Crippen LogP contribution in [0.3, 0.4) is 0 Å². The van der Waals surface area contributed by atoms with Gasteiger partial charge in [0.05, 0.1) is 15.9 Å². The first-order valence-corrected chi connectivity index (χ1v) is 11.7. The fraction of sp³-hybridized carbons (Fsp3) is 0.192. The van der Waals surface area contributed by atoms with E-state index in [1.807, 2.05) is 13.2 Å². The van der Waals surface area contributed by atoms with E-state index in [-0.39, 0.29) is 0 Å². The molecule has 5 nitrogen and oxygen atoms in total. The highest BCUT2D eigenvalue weighted by Gasteiger charge is 2.10. The zero-order valence-corrected chi connectivity index (χ0v) is 19.1. The van der Waals surface area contributed by atoms with E-state index in [0.29, 0.717) is 0 Å². The minimum Gasteiger partial charge on any atom is -0.359 e. The first-order chi connectivity index (χ1) is 15.7. The monoisotopic (exact) mass is 441 g/mol. The van der Waals surface area contributed by atoms with Crippen LogP contribution in [0.2, 0.25) is 0 Å². The number of likely N-dealkylation sites (N-methyl/N-ethyl adjacent to an activating group) is 1. The van der Waals surface area contributed by atoms with Crippen molar-refractivity contribution in [1.29, 1.82) is 0 Å². The van der Waals surface area contributed by atoms with Crippen molar-refractivity contribution in [3.8, 4) is 10.4 Å². The van der Waals surface area contributed by atoms with E-state index in [1.54, 1.807) is 11.3 Å². The van der Waals surface area contributed by atoms with Gasteiger partial charge in [0, 0.05) is 53.0 Å². The quantitative estimate of drug-likeness (QED) is 0.230. The molecule has 0 aliphatic carbocycles. The number of aryl methyl sites for hydroxylation is 1. The van der Waals surface area contributed by atoms with E-state index in [4.69, 9.17) is 0 Å². The minimum absolute atomic E-state index is 0.884. The molecule has 0 bridgehead atoms. The highest BCUT2D eigenvalue weighted by atomic mass is 32.1. The molecule has 162 valence electrons. The predicted octanol–water partition coefficient (Wildman–Crippen LogP) is 5.81. The molecule has 5 aromatic rings. The number of pyridine rings is 1. The van der Waals surface area contributed by atoms with E-state index in [2.05, 4.69) is 93.5 Å². The molecular formula is C26H27N5S. The molecule has 0 fully saturated rings. The molecule has 0 saturated heterocycles. The van der Waals surface area contributed by atoms with Crippen LogP contribution in [-0.2, 0) is 6.54 Å². The van der Waals surface area contributed by atoms with Gasteiger partial charge >= 0.3 is 0 Å². The number of anilines is 2. The molecule has 0 spiro atoms. The summed E-state index contributed by atoms with van der Waals surface area (Å²) in [5.41, 5.74) is 8.03. The Labute approximate surface area is 191 Å². The molecule has 5 rings (SSSR count). The van der Waals surface area contributed by atoms with Crippen LogP contribution in [-0.4, -0.2) is 30.1 Å². The van der Waals surface area contributed by atoms with Crippen LogP contribution in [0.5, 0.6) is 0 Å². The number of nitrogens with zero attached hydrogens (tertiary/aromatic N) is 1. The van der Waals surface area contributed by atoms with E-state index in [1.165, 1.54) is 31.8 Å². The smallest absolute Gasteiger partial charge is 0.0837 e. The summed E-state index contributed by atoms with van der Waals surface area (Å²) in [6.07, 6.45) is 1.88. The fourth-order valence-corrected chi connectivity index (χ4v) is 5.01. The molecule has 4 N–H and O–H groups in total. The summed E-state index contributed by atoms with van der Waals surface area (Å²) in [4.78, 5) is 9.22. The average molecular weight is 442 g/mol. The lowest BCUT2D eigenvalue weighted by atomic mass is 10.1. The molecule has 0 saturated carbocycles. The topological polar surface area (TPSA) is 64.8 Å². The molecule has 0 atom stereocenters. The summed E-state index contributed by atoms with van der Waals surface area (Å²) in [6.45, 7) is 4.91. The molecule has 6 heteroatoms. The third kappa shape index (κ3) is 4.39. The van der Waals surface area contributed by atoms with Crippen molar-refractivity contribution < 1.29 is 0 Å². The van der Waals surface area contributed by atoms with Crippen LogP contribution < -0.4 is 16.0 Å². The van der Waals surface area contributed by atoms with Gasteiger partial charge in [-0.1, -0.05) is 24.3 Å². The Kier molecular flexibility index (Phi) is 5.90. The lowest BCUT2D eigenvalue weighted by molar-refractivity contribution is 0.651. The number of H-pyrrole nitrogens is 1. The molecule has 2 aromatic carbocycles. The summed E-state index contributed by atoms with van der Waals surface area (Å²) in [5, 5.41) is 11.4. The number of hydrogen-bond donors (Lipinski definition) is 4.